The van der Waals surface area contributed by atoms with E-state index >= 15 is 0 Å². The zero-order chi connectivity index (χ0) is 13.0. The van der Waals surface area contributed by atoms with Crippen LogP contribution in [0.1, 0.15) is 64.7 Å². The fraction of sp³-hybridized carbons (Fsp3) is 0.933. The molecule has 18 heavy (non-hydrogen) atoms. The van der Waals surface area contributed by atoms with Crippen molar-refractivity contribution >= 4 is 5.91 Å². The lowest BCUT2D eigenvalue weighted by molar-refractivity contribution is -0.131. The van der Waals surface area contributed by atoms with E-state index in [0.29, 0.717) is 18.5 Å². The van der Waals surface area contributed by atoms with Gasteiger partial charge in [-0.1, -0.05) is 32.1 Å². The van der Waals surface area contributed by atoms with Crippen LogP contribution >= 0.6 is 0 Å². The molecule has 3 N–H and O–H groups in total. The second kappa shape index (κ2) is 6.05. The van der Waals surface area contributed by atoms with Gasteiger partial charge in [0, 0.05) is 12.6 Å². The number of hydrogen-bond acceptors (Lipinski definition) is 2. The molecule has 104 valence electrons. The van der Waals surface area contributed by atoms with E-state index in [1.807, 2.05) is 0 Å². The summed E-state index contributed by atoms with van der Waals surface area (Å²) in [6.07, 6.45) is 10.8. The molecule has 2 saturated carbocycles. The highest BCUT2D eigenvalue weighted by molar-refractivity contribution is 5.83. The van der Waals surface area contributed by atoms with Crippen LogP contribution in [-0.4, -0.2) is 18.5 Å². The van der Waals surface area contributed by atoms with E-state index in [-0.39, 0.29) is 11.3 Å². The smallest absolute Gasteiger partial charge is 0.227 e. The average Bonchev–Trinajstić information content (AvgIpc) is 2.89. The van der Waals surface area contributed by atoms with Crippen LogP contribution in [0.4, 0.5) is 0 Å². The molecule has 0 saturated heterocycles. The van der Waals surface area contributed by atoms with Crippen molar-refractivity contribution in [1.82, 2.24) is 5.32 Å². The average molecular weight is 252 g/mol. The first-order chi connectivity index (χ1) is 8.68. The standard InChI is InChI=1S/C15H28N2O/c1-12(13-7-3-2-4-8-13)17-14(18)15(11-16)9-5-6-10-15/h12-13H,2-11,16H2,1H3,(H,17,18)/t12-/m1/s1. The van der Waals surface area contributed by atoms with Gasteiger partial charge in [-0.05, 0) is 38.5 Å². The topological polar surface area (TPSA) is 55.1 Å². The predicted molar refractivity (Wildman–Crippen MR) is 74.1 cm³/mol. The van der Waals surface area contributed by atoms with Gasteiger partial charge in [-0.2, -0.15) is 0 Å². The summed E-state index contributed by atoms with van der Waals surface area (Å²) < 4.78 is 0. The van der Waals surface area contributed by atoms with Gasteiger partial charge in [0.15, 0.2) is 0 Å². The fourth-order valence-corrected chi connectivity index (χ4v) is 3.69. The highest BCUT2D eigenvalue weighted by Crippen LogP contribution is 2.37. The van der Waals surface area contributed by atoms with Crippen molar-refractivity contribution in [2.24, 2.45) is 17.1 Å². The third kappa shape index (κ3) is 2.87. The Bertz CT molecular complexity index is 278. The molecule has 0 aromatic rings. The predicted octanol–water partition coefficient (Wildman–Crippen LogP) is 2.59. The Morgan fingerprint density at radius 1 is 1.22 bits per heavy atom. The third-order valence-corrected chi connectivity index (χ3v) is 5.15. The Morgan fingerprint density at radius 2 is 1.83 bits per heavy atom. The van der Waals surface area contributed by atoms with Crippen molar-refractivity contribution in [1.29, 1.82) is 0 Å². The quantitative estimate of drug-likeness (QED) is 0.808. The minimum absolute atomic E-state index is 0.223. The van der Waals surface area contributed by atoms with Crippen LogP contribution in [0.3, 0.4) is 0 Å². The number of carbonyl (C=O) groups is 1. The lowest BCUT2D eigenvalue weighted by Gasteiger charge is -2.32. The van der Waals surface area contributed by atoms with Crippen molar-refractivity contribution in [3.05, 3.63) is 0 Å². The van der Waals surface area contributed by atoms with Crippen LogP contribution < -0.4 is 11.1 Å². The first kappa shape index (κ1) is 13.9. The maximum absolute atomic E-state index is 12.5. The molecule has 0 heterocycles. The third-order valence-electron chi connectivity index (χ3n) is 5.15. The number of amides is 1. The van der Waals surface area contributed by atoms with Crippen LogP contribution in [-0.2, 0) is 4.79 Å². The maximum atomic E-state index is 12.5. The van der Waals surface area contributed by atoms with Crippen molar-refractivity contribution in [3.63, 3.8) is 0 Å². The van der Waals surface area contributed by atoms with Gasteiger partial charge < -0.3 is 11.1 Å². The van der Waals surface area contributed by atoms with Gasteiger partial charge in [-0.25, -0.2) is 0 Å². The molecular weight excluding hydrogens is 224 g/mol. The van der Waals surface area contributed by atoms with E-state index in [2.05, 4.69) is 12.2 Å². The summed E-state index contributed by atoms with van der Waals surface area (Å²) in [6.45, 7) is 2.68. The van der Waals surface area contributed by atoms with E-state index in [1.54, 1.807) is 0 Å². The molecule has 2 aliphatic carbocycles. The molecule has 3 heteroatoms. The van der Waals surface area contributed by atoms with E-state index < -0.39 is 0 Å². The van der Waals surface area contributed by atoms with Crippen LogP contribution in [0.5, 0.6) is 0 Å². The van der Waals surface area contributed by atoms with Gasteiger partial charge in [-0.3, -0.25) is 4.79 Å². The van der Waals surface area contributed by atoms with Crippen LogP contribution in [0, 0.1) is 11.3 Å². The Morgan fingerprint density at radius 3 is 2.39 bits per heavy atom. The zero-order valence-corrected chi connectivity index (χ0v) is 11.7. The van der Waals surface area contributed by atoms with Gasteiger partial charge in [0.1, 0.15) is 0 Å². The van der Waals surface area contributed by atoms with Crippen molar-refractivity contribution in [2.75, 3.05) is 6.54 Å². The number of nitrogens with two attached hydrogens (primary N) is 1. The summed E-state index contributed by atoms with van der Waals surface area (Å²) in [5.41, 5.74) is 5.62. The molecule has 0 spiro atoms. The summed E-state index contributed by atoms with van der Waals surface area (Å²) in [5, 5.41) is 3.26. The minimum Gasteiger partial charge on any atom is -0.353 e. The Kier molecular flexibility index (Phi) is 4.66. The van der Waals surface area contributed by atoms with Crippen LogP contribution in [0.25, 0.3) is 0 Å². The second-order valence-corrected chi connectivity index (χ2v) is 6.35. The van der Waals surface area contributed by atoms with Gasteiger partial charge in [0.25, 0.3) is 0 Å². The molecule has 0 bridgehead atoms. The lowest BCUT2D eigenvalue weighted by Crippen LogP contribution is -2.49. The second-order valence-electron chi connectivity index (χ2n) is 6.35. The van der Waals surface area contributed by atoms with E-state index in [9.17, 15) is 4.79 Å². The summed E-state index contributed by atoms with van der Waals surface area (Å²) in [7, 11) is 0. The fourth-order valence-electron chi connectivity index (χ4n) is 3.69. The number of rotatable bonds is 4. The molecule has 0 aliphatic heterocycles. The largest absolute Gasteiger partial charge is 0.353 e. The van der Waals surface area contributed by atoms with Crippen molar-refractivity contribution in [3.8, 4) is 0 Å². The number of carbonyl (C=O) groups excluding carboxylic acids is 1. The minimum atomic E-state index is -0.247. The monoisotopic (exact) mass is 252 g/mol. The Hall–Kier alpha value is -0.570. The molecule has 0 radical (unpaired) electrons. The lowest BCUT2D eigenvalue weighted by atomic mass is 9.82. The summed E-state index contributed by atoms with van der Waals surface area (Å²) in [6, 6.07) is 0.321. The number of hydrogen-bond donors (Lipinski definition) is 2. The van der Waals surface area contributed by atoms with Crippen LogP contribution in [0.2, 0.25) is 0 Å². The van der Waals surface area contributed by atoms with Gasteiger partial charge in [-0.15, -0.1) is 0 Å². The van der Waals surface area contributed by atoms with E-state index in [1.165, 1.54) is 32.1 Å². The molecule has 3 nitrogen and oxygen atoms in total. The van der Waals surface area contributed by atoms with Crippen LogP contribution in [0.15, 0.2) is 0 Å². The molecule has 1 atom stereocenters. The maximum Gasteiger partial charge on any atom is 0.227 e. The molecule has 2 rings (SSSR count). The molecule has 0 aromatic carbocycles. The van der Waals surface area contributed by atoms with Gasteiger partial charge >= 0.3 is 0 Å². The molecule has 1 amide bonds. The molecule has 0 unspecified atom stereocenters. The van der Waals surface area contributed by atoms with Crippen molar-refractivity contribution in [2.45, 2.75) is 70.8 Å². The normalized spacial score (nSPS) is 25.9. The summed E-state index contributed by atoms with van der Waals surface area (Å²) >= 11 is 0. The summed E-state index contributed by atoms with van der Waals surface area (Å²) in [4.78, 5) is 12.5. The molecule has 0 aromatic heterocycles. The Labute approximate surface area is 111 Å². The number of nitrogens with one attached hydrogen (secondary N) is 1. The summed E-state index contributed by atoms with van der Waals surface area (Å²) in [5.74, 6) is 0.902. The van der Waals surface area contributed by atoms with Crippen molar-refractivity contribution < 1.29 is 4.79 Å². The highest BCUT2D eigenvalue weighted by Gasteiger charge is 2.40. The molecular formula is C15H28N2O. The van der Waals surface area contributed by atoms with Gasteiger partial charge in [0.2, 0.25) is 5.91 Å². The zero-order valence-electron chi connectivity index (χ0n) is 11.7. The molecule has 2 aliphatic rings. The molecule has 2 fully saturated rings. The SMILES string of the molecule is C[C@@H](NC(=O)C1(CN)CCCC1)C1CCCCC1. The Balaban J connectivity index is 1.89. The van der Waals surface area contributed by atoms with E-state index in [4.69, 9.17) is 5.73 Å². The first-order valence-corrected chi connectivity index (χ1v) is 7.69. The van der Waals surface area contributed by atoms with E-state index in [0.717, 1.165) is 25.7 Å². The van der Waals surface area contributed by atoms with Gasteiger partial charge in [0.05, 0.1) is 5.41 Å². The highest BCUT2D eigenvalue weighted by atomic mass is 16.2. The first-order valence-electron chi connectivity index (χ1n) is 7.69.